The fourth-order valence-corrected chi connectivity index (χ4v) is 6.08. The summed E-state index contributed by atoms with van der Waals surface area (Å²) in [5.74, 6) is 0.483. The molecular formula is C31H33BrN4O4. The Labute approximate surface area is 243 Å². The van der Waals surface area contributed by atoms with Gasteiger partial charge in [-0.25, -0.2) is 0 Å². The van der Waals surface area contributed by atoms with E-state index in [2.05, 4.69) is 26.1 Å². The third-order valence-corrected chi connectivity index (χ3v) is 8.27. The van der Waals surface area contributed by atoms with E-state index in [4.69, 9.17) is 4.74 Å². The predicted molar refractivity (Wildman–Crippen MR) is 157 cm³/mol. The second kappa shape index (κ2) is 12.1. The Morgan fingerprint density at radius 3 is 2.42 bits per heavy atom. The van der Waals surface area contributed by atoms with E-state index in [1.54, 1.807) is 12.0 Å². The maximum Gasteiger partial charge on any atom is 0.253 e. The van der Waals surface area contributed by atoms with Gasteiger partial charge in [0.25, 0.3) is 11.8 Å². The van der Waals surface area contributed by atoms with Crippen LogP contribution in [-0.4, -0.2) is 73.0 Å². The summed E-state index contributed by atoms with van der Waals surface area (Å²) in [6.45, 7) is 1.67. The number of carbonyl (C=O) groups is 3. The Hall–Kier alpha value is -3.85. The molecule has 40 heavy (non-hydrogen) atoms. The van der Waals surface area contributed by atoms with Crippen LogP contribution < -0.4 is 15.0 Å². The van der Waals surface area contributed by atoms with Crippen molar-refractivity contribution in [2.45, 2.75) is 24.8 Å². The Balaban J connectivity index is 1.26. The number of nitrogens with one attached hydrogen (secondary N) is 1. The van der Waals surface area contributed by atoms with Gasteiger partial charge in [-0.15, -0.1) is 0 Å². The van der Waals surface area contributed by atoms with E-state index in [1.807, 2.05) is 83.8 Å². The molecule has 0 unspecified atom stereocenters. The zero-order chi connectivity index (χ0) is 28.1. The highest BCUT2D eigenvalue weighted by atomic mass is 79.9. The number of rotatable bonds is 8. The monoisotopic (exact) mass is 604 g/mol. The molecule has 0 atom stereocenters. The summed E-state index contributed by atoms with van der Waals surface area (Å²) in [7, 11) is 1.63. The van der Waals surface area contributed by atoms with Gasteiger partial charge in [-0.3, -0.25) is 14.4 Å². The van der Waals surface area contributed by atoms with E-state index in [0.717, 1.165) is 21.5 Å². The van der Waals surface area contributed by atoms with Crippen molar-refractivity contribution in [2.24, 2.45) is 0 Å². The highest BCUT2D eigenvalue weighted by Crippen LogP contribution is 2.39. The maximum absolute atomic E-state index is 13.9. The summed E-state index contributed by atoms with van der Waals surface area (Å²) in [5.41, 5.74) is 1.77. The minimum atomic E-state index is -0.799. The number of anilines is 1. The van der Waals surface area contributed by atoms with Crippen LogP contribution in [0.3, 0.4) is 0 Å². The van der Waals surface area contributed by atoms with Gasteiger partial charge in [0, 0.05) is 35.4 Å². The van der Waals surface area contributed by atoms with Crippen molar-refractivity contribution in [3.63, 3.8) is 0 Å². The van der Waals surface area contributed by atoms with Crippen molar-refractivity contribution in [2.75, 3.05) is 44.9 Å². The molecule has 3 aromatic rings. The second-order valence-electron chi connectivity index (χ2n) is 10.2. The van der Waals surface area contributed by atoms with Gasteiger partial charge in [-0.05, 0) is 61.2 Å². The number of halogens is 1. The Kier molecular flexibility index (Phi) is 8.40. The SMILES string of the molecule is COc1ccccc1CCNC(=O)CN1CN(c2ccccc2)C2(CCN(C(=O)c3cccc(Br)c3)CC2)C1=O. The van der Waals surface area contributed by atoms with Gasteiger partial charge in [0.05, 0.1) is 13.8 Å². The minimum Gasteiger partial charge on any atom is -0.496 e. The molecule has 8 nitrogen and oxygen atoms in total. The van der Waals surface area contributed by atoms with Crippen molar-refractivity contribution in [3.05, 3.63) is 94.5 Å². The molecular weight excluding hydrogens is 572 g/mol. The van der Waals surface area contributed by atoms with E-state index in [9.17, 15) is 14.4 Å². The number of para-hydroxylation sites is 2. The lowest BCUT2D eigenvalue weighted by Crippen LogP contribution is -2.57. The first-order valence-electron chi connectivity index (χ1n) is 13.5. The largest absolute Gasteiger partial charge is 0.496 e. The number of methoxy groups -OCH3 is 1. The van der Waals surface area contributed by atoms with Gasteiger partial charge in [0.2, 0.25) is 5.91 Å². The number of piperidine rings is 1. The molecule has 1 N–H and O–H groups in total. The van der Waals surface area contributed by atoms with Crippen molar-refractivity contribution < 1.29 is 19.1 Å². The molecule has 2 fully saturated rings. The number of hydrogen-bond acceptors (Lipinski definition) is 5. The number of ether oxygens (including phenoxy) is 1. The normalized spacial score (nSPS) is 16.4. The van der Waals surface area contributed by atoms with Gasteiger partial charge in [-0.2, -0.15) is 0 Å². The van der Waals surface area contributed by atoms with Crippen LogP contribution >= 0.6 is 15.9 Å². The third kappa shape index (κ3) is 5.70. The summed E-state index contributed by atoms with van der Waals surface area (Å²) < 4.78 is 6.25. The zero-order valence-corrected chi connectivity index (χ0v) is 24.1. The molecule has 0 aromatic heterocycles. The molecule has 0 bridgehead atoms. The quantitative estimate of drug-likeness (QED) is 0.419. The van der Waals surface area contributed by atoms with Crippen molar-refractivity contribution in [1.82, 2.24) is 15.1 Å². The molecule has 2 saturated heterocycles. The highest BCUT2D eigenvalue weighted by Gasteiger charge is 2.54. The first-order valence-corrected chi connectivity index (χ1v) is 14.3. The Bertz CT molecular complexity index is 1370. The molecule has 0 aliphatic carbocycles. The summed E-state index contributed by atoms with van der Waals surface area (Å²) in [5, 5.41) is 2.96. The first kappa shape index (κ1) is 27.7. The van der Waals surface area contributed by atoms with Gasteiger partial charge in [-0.1, -0.05) is 58.4 Å². The highest BCUT2D eigenvalue weighted by molar-refractivity contribution is 9.10. The number of likely N-dealkylation sites (tertiary alicyclic amines) is 1. The number of benzene rings is 3. The van der Waals surface area contributed by atoms with Crippen LogP contribution in [-0.2, 0) is 16.0 Å². The van der Waals surface area contributed by atoms with E-state index >= 15 is 0 Å². The van der Waals surface area contributed by atoms with Crippen LogP contribution in [0, 0.1) is 0 Å². The van der Waals surface area contributed by atoms with E-state index in [-0.39, 0.29) is 24.3 Å². The zero-order valence-electron chi connectivity index (χ0n) is 22.5. The van der Waals surface area contributed by atoms with Crippen LogP contribution in [0.4, 0.5) is 5.69 Å². The van der Waals surface area contributed by atoms with Gasteiger partial charge < -0.3 is 24.8 Å². The van der Waals surface area contributed by atoms with Gasteiger partial charge in [0.1, 0.15) is 17.8 Å². The van der Waals surface area contributed by atoms with E-state index in [0.29, 0.717) is 51.1 Å². The van der Waals surface area contributed by atoms with Crippen molar-refractivity contribution in [3.8, 4) is 5.75 Å². The lowest BCUT2D eigenvalue weighted by atomic mass is 9.85. The van der Waals surface area contributed by atoms with Crippen LogP contribution in [0.15, 0.2) is 83.3 Å². The smallest absolute Gasteiger partial charge is 0.253 e. The number of amides is 3. The predicted octanol–water partition coefficient (Wildman–Crippen LogP) is 4.10. The summed E-state index contributed by atoms with van der Waals surface area (Å²) >= 11 is 3.44. The molecule has 3 aromatic carbocycles. The molecule has 2 aliphatic heterocycles. The second-order valence-corrected chi connectivity index (χ2v) is 11.1. The van der Waals surface area contributed by atoms with Crippen LogP contribution in [0.1, 0.15) is 28.8 Å². The molecule has 208 valence electrons. The van der Waals surface area contributed by atoms with Gasteiger partial charge >= 0.3 is 0 Å². The van der Waals surface area contributed by atoms with E-state index in [1.165, 1.54) is 0 Å². The van der Waals surface area contributed by atoms with Crippen LogP contribution in [0.2, 0.25) is 0 Å². The maximum atomic E-state index is 13.9. The fourth-order valence-electron chi connectivity index (χ4n) is 5.68. The van der Waals surface area contributed by atoms with E-state index < -0.39 is 5.54 Å². The summed E-state index contributed by atoms with van der Waals surface area (Å²) in [6, 6.07) is 24.9. The van der Waals surface area contributed by atoms with Crippen LogP contribution in [0.25, 0.3) is 0 Å². The molecule has 0 saturated carbocycles. The third-order valence-electron chi connectivity index (χ3n) is 7.77. The Morgan fingerprint density at radius 1 is 0.975 bits per heavy atom. The molecule has 0 radical (unpaired) electrons. The average Bonchev–Trinajstić information content (AvgIpc) is 3.24. The standard InChI is InChI=1S/C31H33BrN4O4/c1-40-27-13-6-5-8-23(27)14-17-33-28(37)21-35-22-36(26-11-3-2-4-12-26)31(30(35)39)15-18-34(19-16-31)29(38)24-9-7-10-25(32)20-24/h2-13,20H,14-19,21-22H2,1H3,(H,33,37). The van der Waals surface area contributed by atoms with Gasteiger partial charge in [0.15, 0.2) is 0 Å². The van der Waals surface area contributed by atoms with Crippen molar-refractivity contribution >= 4 is 39.3 Å². The van der Waals surface area contributed by atoms with Crippen molar-refractivity contribution in [1.29, 1.82) is 0 Å². The summed E-state index contributed by atoms with van der Waals surface area (Å²) in [6.07, 6.45) is 1.62. The molecule has 2 heterocycles. The first-order chi connectivity index (χ1) is 19.4. The molecule has 5 rings (SSSR count). The molecule has 2 aliphatic rings. The number of nitrogens with zero attached hydrogens (tertiary/aromatic N) is 3. The summed E-state index contributed by atoms with van der Waals surface area (Å²) in [4.78, 5) is 45.6. The minimum absolute atomic E-state index is 0.0173. The lowest BCUT2D eigenvalue weighted by Gasteiger charge is -2.43. The molecule has 9 heteroatoms. The topological polar surface area (TPSA) is 82.2 Å². The van der Waals surface area contributed by atoms with Crippen LogP contribution in [0.5, 0.6) is 5.75 Å². The molecule has 3 amide bonds. The molecule has 1 spiro atoms. The number of carbonyl (C=O) groups excluding carboxylic acids is 3. The number of hydrogen-bond donors (Lipinski definition) is 1. The lowest BCUT2D eigenvalue weighted by molar-refractivity contribution is -0.137. The fraction of sp³-hybridized carbons (Fsp3) is 0.323. The average molecular weight is 606 g/mol. The Morgan fingerprint density at radius 2 is 1.70 bits per heavy atom.